The van der Waals surface area contributed by atoms with E-state index in [0.717, 1.165) is 24.5 Å². The predicted octanol–water partition coefficient (Wildman–Crippen LogP) is 4.55. The van der Waals surface area contributed by atoms with Crippen LogP contribution < -0.4 is 16.2 Å². The Labute approximate surface area is 154 Å². The van der Waals surface area contributed by atoms with E-state index >= 15 is 0 Å². The molecule has 5 rings (SSSR count). The molecule has 2 aliphatic heterocycles. The zero-order valence-corrected chi connectivity index (χ0v) is 14.8. The number of nitrogens with one attached hydrogen (secondary N) is 3. The first-order chi connectivity index (χ1) is 12.9. The van der Waals surface area contributed by atoms with Crippen LogP contribution in [0.1, 0.15) is 24.4 Å². The first-order valence-electron chi connectivity index (χ1n) is 9.49. The molecule has 1 unspecified atom stereocenters. The molecule has 1 fully saturated rings. The molecule has 3 aromatic rings. The summed E-state index contributed by atoms with van der Waals surface area (Å²) in [5, 5.41) is 8.38. The molecule has 4 heteroatoms. The van der Waals surface area contributed by atoms with Crippen LogP contribution in [-0.2, 0) is 0 Å². The van der Waals surface area contributed by atoms with E-state index in [-0.39, 0.29) is 6.04 Å². The summed E-state index contributed by atoms with van der Waals surface area (Å²) in [6, 6.07) is 24.1. The Balaban J connectivity index is 1.53. The van der Waals surface area contributed by atoms with Crippen LogP contribution in [0.5, 0.6) is 0 Å². The second-order valence-corrected chi connectivity index (χ2v) is 7.30. The standard InChI is InChI=1S/C22H24N4/c1-2-7-17-14-18(12-11-16(17)6-1)22(19-8-5-13-23-15-19)26-24-20-9-3-4-10-21(20)25-26/h1-4,6-7,9-12,14,19,22-25H,5,8,13,15H2/t19-,22?/m0/s1. The lowest BCUT2D eigenvalue weighted by molar-refractivity contribution is 0.183. The molecule has 2 aliphatic rings. The lowest BCUT2D eigenvalue weighted by Gasteiger charge is -2.37. The second-order valence-electron chi connectivity index (χ2n) is 7.30. The maximum absolute atomic E-state index is 3.58. The quantitative estimate of drug-likeness (QED) is 0.652. The van der Waals surface area contributed by atoms with Gasteiger partial charge in [0, 0.05) is 0 Å². The Kier molecular flexibility index (Phi) is 4.00. The molecule has 0 spiro atoms. The SMILES string of the molecule is c1ccc2c(c1)NN(C(c1ccc3ccccc3c1)[C@H]1CCCNC1)N2. The van der Waals surface area contributed by atoms with Crippen molar-refractivity contribution >= 4 is 22.1 Å². The highest BCUT2D eigenvalue weighted by molar-refractivity contribution is 5.83. The average Bonchev–Trinajstić information content (AvgIpc) is 3.12. The van der Waals surface area contributed by atoms with Crippen molar-refractivity contribution in [1.82, 2.24) is 10.4 Å². The van der Waals surface area contributed by atoms with Crippen LogP contribution in [0.25, 0.3) is 10.8 Å². The van der Waals surface area contributed by atoms with Gasteiger partial charge in [-0.2, -0.15) is 0 Å². The first-order valence-corrected chi connectivity index (χ1v) is 9.49. The summed E-state index contributed by atoms with van der Waals surface area (Å²) >= 11 is 0. The van der Waals surface area contributed by atoms with Gasteiger partial charge in [-0.15, -0.1) is 5.12 Å². The summed E-state index contributed by atoms with van der Waals surface area (Å²) in [6.45, 7) is 2.18. The largest absolute Gasteiger partial charge is 0.316 e. The minimum atomic E-state index is 0.264. The van der Waals surface area contributed by atoms with Gasteiger partial charge in [0.15, 0.2) is 0 Å². The molecule has 0 saturated carbocycles. The fourth-order valence-electron chi connectivity index (χ4n) is 4.28. The molecular formula is C22H24N4. The van der Waals surface area contributed by atoms with Crippen LogP contribution in [0.3, 0.4) is 0 Å². The minimum absolute atomic E-state index is 0.264. The first kappa shape index (κ1) is 15.7. The van der Waals surface area contributed by atoms with Gasteiger partial charge < -0.3 is 5.32 Å². The van der Waals surface area contributed by atoms with Crippen LogP contribution in [0.4, 0.5) is 11.4 Å². The van der Waals surface area contributed by atoms with Crippen molar-refractivity contribution in [1.29, 1.82) is 0 Å². The molecule has 26 heavy (non-hydrogen) atoms. The summed E-state index contributed by atoms with van der Waals surface area (Å²) in [5.41, 5.74) is 10.8. The molecule has 132 valence electrons. The maximum Gasteiger partial charge on any atom is 0.0789 e. The maximum atomic E-state index is 3.58. The monoisotopic (exact) mass is 344 g/mol. The van der Waals surface area contributed by atoms with E-state index in [4.69, 9.17) is 0 Å². The fourth-order valence-corrected chi connectivity index (χ4v) is 4.28. The van der Waals surface area contributed by atoms with Gasteiger partial charge in [0.1, 0.15) is 0 Å². The highest BCUT2D eigenvalue weighted by Crippen LogP contribution is 2.39. The lowest BCUT2D eigenvalue weighted by Crippen LogP contribution is -2.43. The van der Waals surface area contributed by atoms with E-state index in [2.05, 4.69) is 88.0 Å². The van der Waals surface area contributed by atoms with E-state index in [1.54, 1.807) is 0 Å². The van der Waals surface area contributed by atoms with Gasteiger partial charge in [-0.25, -0.2) is 0 Å². The Morgan fingerprint density at radius 3 is 2.31 bits per heavy atom. The highest BCUT2D eigenvalue weighted by Gasteiger charge is 2.33. The van der Waals surface area contributed by atoms with Crippen molar-refractivity contribution in [2.24, 2.45) is 5.92 Å². The third kappa shape index (κ3) is 2.81. The van der Waals surface area contributed by atoms with Crippen molar-refractivity contribution in [3.05, 3.63) is 72.3 Å². The molecule has 3 N–H and O–H groups in total. The molecule has 0 radical (unpaired) electrons. The Morgan fingerprint density at radius 2 is 1.58 bits per heavy atom. The van der Waals surface area contributed by atoms with Gasteiger partial charge in [0.25, 0.3) is 0 Å². The van der Waals surface area contributed by atoms with Gasteiger partial charge in [-0.05, 0) is 66.4 Å². The number of hydrazine groups is 2. The zero-order chi connectivity index (χ0) is 17.3. The molecule has 2 atom stereocenters. The van der Waals surface area contributed by atoms with E-state index in [0.29, 0.717) is 5.92 Å². The van der Waals surface area contributed by atoms with Crippen LogP contribution in [0.15, 0.2) is 66.7 Å². The molecule has 0 amide bonds. The molecule has 4 nitrogen and oxygen atoms in total. The minimum Gasteiger partial charge on any atom is -0.316 e. The number of hydrogen-bond acceptors (Lipinski definition) is 4. The van der Waals surface area contributed by atoms with Crippen LogP contribution >= 0.6 is 0 Å². The summed E-state index contributed by atoms with van der Waals surface area (Å²) < 4.78 is 0. The van der Waals surface area contributed by atoms with Gasteiger partial charge in [0.2, 0.25) is 0 Å². The normalized spacial score (nSPS) is 21.0. The number of piperidine rings is 1. The van der Waals surface area contributed by atoms with Crippen LogP contribution in [-0.4, -0.2) is 18.2 Å². The van der Waals surface area contributed by atoms with Gasteiger partial charge in [-0.1, -0.05) is 48.5 Å². The number of anilines is 2. The number of nitrogens with zero attached hydrogens (tertiary/aromatic N) is 1. The second kappa shape index (κ2) is 6.63. The Bertz CT molecular complexity index is 892. The third-order valence-corrected chi connectivity index (χ3v) is 5.58. The number of para-hydroxylation sites is 2. The van der Waals surface area contributed by atoms with Crippen molar-refractivity contribution in [2.45, 2.75) is 18.9 Å². The molecule has 0 aliphatic carbocycles. The average molecular weight is 344 g/mol. The van der Waals surface area contributed by atoms with Gasteiger partial charge >= 0.3 is 0 Å². The molecule has 3 aromatic carbocycles. The predicted molar refractivity (Wildman–Crippen MR) is 108 cm³/mol. The summed E-state index contributed by atoms with van der Waals surface area (Å²) in [7, 11) is 0. The van der Waals surface area contributed by atoms with Crippen molar-refractivity contribution in [2.75, 3.05) is 23.9 Å². The van der Waals surface area contributed by atoms with Crippen molar-refractivity contribution in [3.63, 3.8) is 0 Å². The smallest absolute Gasteiger partial charge is 0.0789 e. The number of hydrogen-bond donors (Lipinski definition) is 3. The number of rotatable bonds is 3. The van der Waals surface area contributed by atoms with E-state index in [1.807, 2.05) is 0 Å². The number of fused-ring (bicyclic) bond motifs is 2. The molecule has 0 aromatic heterocycles. The van der Waals surface area contributed by atoms with Gasteiger partial charge in [0.05, 0.1) is 17.4 Å². The Hall–Kier alpha value is -2.56. The van der Waals surface area contributed by atoms with E-state index in [9.17, 15) is 0 Å². The van der Waals surface area contributed by atoms with E-state index < -0.39 is 0 Å². The molecular weight excluding hydrogens is 320 g/mol. The van der Waals surface area contributed by atoms with Crippen molar-refractivity contribution in [3.8, 4) is 0 Å². The summed E-state index contributed by atoms with van der Waals surface area (Å²) in [6.07, 6.45) is 2.47. The molecule has 2 heterocycles. The number of benzene rings is 3. The topological polar surface area (TPSA) is 39.3 Å². The van der Waals surface area contributed by atoms with Crippen LogP contribution in [0, 0.1) is 5.92 Å². The lowest BCUT2D eigenvalue weighted by atomic mass is 9.86. The van der Waals surface area contributed by atoms with Gasteiger partial charge in [-0.3, -0.25) is 10.9 Å². The van der Waals surface area contributed by atoms with Crippen LogP contribution in [0.2, 0.25) is 0 Å². The summed E-state index contributed by atoms with van der Waals surface area (Å²) in [4.78, 5) is 0. The molecule has 0 bridgehead atoms. The summed E-state index contributed by atoms with van der Waals surface area (Å²) in [5.74, 6) is 0.555. The third-order valence-electron chi connectivity index (χ3n) is 5.58. The Morgan fingerprint density at radius 1 is 0.846 bits per heavy atom. The molecule has 1 saturated heterocycles. The zero-order valence-electron chi connectivity index (χ0n) is 14.8. The fraction of sp³-hybridized carbons (Fsp3) is 0.273. The highest BCUT2D eigenvalue weighted by atomic mass is 15.8. The van der Waals surface area contributed by atoms with Crippen molar-refractivity contribution < 1.29 is 0 Å². The van der Waals surface area contributed by atoms with E-state index in [1.165, 1.54) is 29.2 Å².